The van der Waals surface area contributed by atoms with Gasteiger partial charge in [0.1, 0.15) is 0 Å². The molecule has 1 saturated heterocycles. The molecule has 2 aromatic carbocycles. The molecule has 138 valence electrons. The maximum atomic E-state index is 6.37. The SMILES string of the molecule is Cc1cc(C)cc(COC[C@@]2(N3CCNCC3)CCc3ccccc32)c1. The van der Waals surface area contributed by atoms with E-state index in [-0.39, 0.29) is 5.54 Å². The minimum atomic E-state index is 0.0392. The Kier molecular flexibility index (Phi) is 5.12. The van der Waals surface area contributed by atoms with Crippen molar-refractivity contribution < 1.29 is 4.74 Å². The lowest BCUT2D eigenvalue weighted by Crippen LogP contribution is -2.55. The summed E-state index contributed by atoms with van der Waals surface area (Å²) in [6.45, 7) is 10.1. The Morgan fingerprint density at radius 2 is 1.77 bits per heavy atom. The van der Waals surface area contributed by atoms with Gasteiger partial charge in [-0.2, -0.15) is 0 Å². The van der Waals surface area contributed by atoms with Gasteiger partial charge >= 0.3 is 0 Å². The van der Waals surface area contributed by atoms with Crippen LogP contribution in [-0.4, -0.2) is 37.7 Å². The average Bonchev–Trinajstić information content (AvgIpc) is 3.02. The first-order chi connectivity index (χ1) is 12.7. The number of nitrogens with one attached hydrogen (secondary N) is 1. The summed E-state index contributed by atoms with van der Waals surface area (Å²) < 4.78 is 6.37. The van der Waals surface area contributed by atoms with E-state index in [1.54, 1.807) is 0 Å². The minimum Gasteiger partial charge on any atom is -0.374 e. The van der Waals surface area contributed by atoms with Crippen molar-refractivity contribution in [3.8, 4) is 0 Å². The molecule has 3 nitrogen and oxygen atoms in total. The normalized spacial score (nSPS) is 23.2. The highest BCUT2D eigenvalue weighted by molar-refractivity contribution is 5.39. The smallest absolute Gasteiger partial charge is 0.0718 e. The Morgan fingerprint density at radius 1 is 1.04 bits per heavy atom. The van der Waals surface area contributed by atoms with Gasteiger partial charge in [0.05, 0.1) is 18.8 Å². The second-order valence-corrected chi connectivity index (χ2v) is 7.91. The van der Waals surface area contributed by atoms with E-state index in [1.807, 2.05) is 0 Å². The van der Waals surface area contributed by atoms with Crippen molar-refractivity contribution in [2.45, 2.75) is 38.8 Å². The van der Waals surface area contributed by atoms with Crippen LogP contribution in [0.4, 0.5) is 0 Å². The zero-order chi connectivity index (χ0) is 18.0. The molecule has 1 atom stereocenters. The number of aryl methyl sites for hydroxylation is 3. The van der Waals surface area contributed by atoms with Crippen LogP contribution in [0.2, 0.25) is 0 Å². The van der Waals surface area contributed by atoms with Crippen LogP contribution in [0.5, 0.6) is 0 Å². The van der Waals surface area contributed by atoms with Crippen LogP contribution in [0.25, 0.3) is 0 Å². The van der Waals surface area contributed by atoms with Crippen LogP contribution < -0.4 is 5.32 Å². The quantitative estimate of drug-likeness (QED) is 0.892. The zero-order valence-corrected chi connectivity index (χ0v) is 16.1. The predicted octanol–water partition coefficient (Wildman–Crippen LogP) is 3.57. The second kappa shape index (κ2) is 7.51. The maximum Gasteiger partial charge on any atom is 0.0718 e. The third-order valence-corrected chi connectivity index (χ3v) is 5.94. The molecule has 1 aliphatic heterocycles. The van der Waals surface area contributed by atoms with Gasteiger partial charge in [-0.15, -0.1) is 0 Å². The number of benzene rings is 2. The molecule has 1 heterocycles. The predicted molar refractivity (Wildman–Crippen MR) is 106 cm³/mol. The van der Waals surface area contributed by atoms with E-state index >= 15 is 0 Å². The number of piperazine rings is 1. The summed E-state index contributed by atoms with van der Waals surface area (Å²) in [5.41, 5.74) is 6.93. The van der Waals surface area contributed by atoms with Crippen molar-refractivity contribution >= 4 is 0 Å². The van der Waals surface area contributed by atoms with Crippen LogP contribution in [0.3, 0.4) is 0 Å². The molecule has 4 rings (SSSR count). The standard InChI is InChI=1S/C23H30N2O/c1-18-13-19(2)15-20(14-18)16-26-17-23(25-11-9-24-10-12-25)8-7-21-5-3-4-6-22(21)23/h3-6,13-15,24H,7-12,16-17H2,1-2H3/t23-/m0/s1. The van der Waals surface area contributed by atoms with E-state index in [0.29, 0.717) is 6.61 Å². The lowest BCUT2D eigenvalue weighted by molar-refractivity contribution is -0.0240. The van der Waals surface area contributed by atoms with Crippen molar-refractivity contribution in [2.24, 2.45) is 0 Å². The van der Waals surface area contributed by atoms with Crippen LogP contribution in [0, 0.1) is 13.8 Å². The summed E-state index contributed by atoms with van der Waals surface area (Å²) in [6.07, 6.45) is 2.33. The van der Waals surface area contributed by atoms with Crippen LogP contribution >= 0.6 is 0 Å². The van der Waals surface area contributed by atoms with Crippen LogP contribution in [0.15, 0.2) is 42.5 Å². The van der Waals surface area contributed by atoms with Gasteiger partial charge in [-0.3, -0.25) is 4.90 Å². The molecule has 0 radical (unpaired) electrons. The monoisotopic (exact) mass is 350 g/mol. The summed E-state index contributed by atoms with van der Waals surface area (Å²) >= 11 is 0. The molecule has 0 saturated carbocycles. The van der Waals surface area contributed by atoms with Gasteiger partial charge < -0.3 is 10.1 Å². The Balaban J connectivity index is 1.54. The highest BCUT2D eigenvalue weighted by Crippen LogP contribution is 2.42. The number of rotatable bonds is 5. The zero-order valence-electron chi connectivity index (χ0n) is 16.1. The maximum absolute atomic E-state index is 6.37. The largest absolute Gasteiger partial charge is 0.374 e. The highest BCUT2D eigenvalue weighted by Gasteiger charge is 2.44. The molecule has 0 bridgehead atoms. The third-order valence-electron chi connectivity index (χ3n) is 5.94. The van der Waals surface area contributed by atoms with Crippen molar-refractivity contribution in [3.05, 3.63) is 70.3 Å². The fraction of sp³-hybridized carbons (Fsp3) is 0.478. The van der Waals surface area contributed by atoms with E-state index in [2.05, 4.69) is 66.5 Å². The molecule has 0 spiro atoms. The molecular formula is C23H30N2O. The van der Waals surface area contributed by atoms with Gasteiger partial charge in [0, 0.05) is 26.2 Å². The van der Waals surface area contributed by atoms with E-state index in [0.717, 1.165) is 39.2 Å². The first-order valence-corrected chi connectivity index (χ1v) is 9.86. The molecule has 1 aliphatic carbocycles. The first kappa shape index (κ1) is 17.7. The number of fused-ring (bicyclic) bond motifs is 1. The number of nitrogens with zero attached hydrogens (tertiary/aromatic N) is 1. The van der Waals surface area contributed by atoms with Crippen molar-refractivity contribution in [3.63, 3.8) is 0 Å². The number of hydrogen-bond acceptors (Lipinski definition) is 3. The average molecular weight is 351 g/mol. The summed E-state index contributed by atoms with van der Waals surface area (Å²) in [5.74, 6) is 0. The van der Waals surface area contributed by atoms with Crippen molar-refractivity contribution in [1.82, 2.24) is 10.2 Å². The number of ether oxygens (including phenoxy) is 1. The molecular weight excluding hydrogens is 320 g/mol. The fourth-order valence-corrected chi connectivity index (χ4v) is 4.82. The summed E-state index contributed by atoms with van der Waals surface area (Å²) in [6, 6.07) is 15.7. The Labute approximate surface area is 157 Å². The van der Waals surface area contributed by atoms with E-state index in [1.165, 1.54) is 34.2 Å². The second-order valence-electron chi connectivity index (χ2n) is 7.91. The molecule has 0 amide bonds. The van der Waals surface area contributed by atoms with Gasteiger partial charge in [-0.05, 0) is 43.4 Å². The lowest BCUT2D eigenvalue weighted by Gasteiger charge is -2.44. The molecule has 0 unspecified atom stereocenters. The Morgan fingerprint density at radius 3 is 2.54 bits per heavy atom. The first-order valence-electron chi connectivity index (χ1n) is 9.86. The topological polar surface area (TPSA) is 24.5 Å². The van der Waals surface area contributed by atoms with Crippen LogP contribution in [0.1, 0.15) is 34.2 Å². The van der Waals surface area contributed by atoms with Gasteiger partial charge in [-0.1, -0.05) is 53.6 Å². The lowest BCUT2D eigenvalue weighted by atomic mass is 9.89. The van der Waals surface area contributed by atoms with Crippen molar-refractivity contribution in [2.75, 3.05) is 32.8 Å². The van der Waals surface area contributed by atoms with Crippen molar-refractivity contribution in [1.29, 1.82) is 0 Å². The summed E-state index contributed by atoms with van der Waals surface area (Å²) in [5, 5.41) is 3.49. The van der Waals surface area contributed by atoms with Gasteiger partial charge in [-0.25, -0.2) is 0 Å². The molecule has 1 fully saturated rings. The van der Waals surface area contributed by atoms with Gasteiger partial charge in [0.2, 0.25) is 0 Å². The fourth-order valence-electron chi connectivity index (χ4n) is 4.82. The van der Waals surface area contributed by atoms with E-state index in [9.17, 15) is 0 Å². The molecule has 2 aliphatic rings. The van der Waals surface area contributed by atoms with E-state index in [4.69, 9.17) is 4.74 Å². The Bertz CT molecular complexity index is 746. The molecule has 0 aromatic heterocycles. The van der Waals surface area contributed by atoms with Gasteiger partial charge in [0.25, 0.3) is 0 Å². The van der Waals surface area contributed by atoms with Crippen LogP contribution in [-0.2, 0) is 23.3 Å². The molecule has 2 aromatic rings. The summed E-state index contributed by atoms with van der Waals surface area (Å²) in [7, 11) is 0. The third kappa shape index (κ3) is 3.44. The number of hydrogen-bond donors (Lipinski definition) is 1. The molecule has 3 heteroatoms. The minimum absolute atomic E-state index is 0.0392. The summed E-state index contributed by atoms with van der Waals surface area (Å²) in [4.78, 5) is 2.66. The Hall–Kier alpha value is -1.68. The van der Waals surface area contributed by atoms with E-state index < -0.39 is 0 Å². The molecule has 1 N–H and O–H groups in total. The molecule has 26 heavy (non-hydrogen) atoms. The highest BCUT2D eigenvalue weighted by atomic mass is 16.5. The van der Waals surface area contributed by atoms with Gasteiger partial charge in [0.15, 0.2) is 0 Å².